The zero-order chi connectivity index (χ0) is 13.1. The molecule has 0 radical (unpaired) electrons. The summed E-state index contributed by atoms with van der Waals surface area (Å²) in [6.07, 6.45) is 1.64. The van der Waals surface area contributed by atoms with Crippen molar-refractivity contribution in [2.45, 2.75) is 12.8 Å². The van der Waals surface area contributed by atoms with Crippen LogP contribution in [0.2, 0.25) is 0 Å². The number of methoxy groups -OCH3 is 1. The van der Waals surface area contributed by atoms with Gasteiger partial charge >= 0.3 is 5.97 Å². The topological polar surface area (TPSA) is 71.9 Å². The van der Waals surface area contributed by atoms with Crippen molar-refractivity contribution in [3.63, 3.8) is 0 Å². The molecule has 1 unspecified atom stereocenters. The number of nitrogens with zero attached hydrogens (tertiary/aromatic N) is 3. The number of rotatable bonds is 2. The Bertz CT molecular complexity index is 499. The molecule has 1 aromatic heterocycles. The summed E-state index contributed by atoms with van der Waals surface area (Å²) in [4.78, 5) is 27.2. The quantitative estimate of drug-likeness (QED) is 0.716. The Morgan fingerprint density at radius 2 is 2.22 bits per heavy atom. The van der Waals surface area contributed by atoms with Crippen molar-refractivity contribution in [3.05, 3.63) is 30.1 Å². The molecule has 2 rings (SSSR count). The predicted octanol–water partition coefficient (Wildman–Crippen LogP) is 0.556. The van der Waals surface area contributed by atoms with Gasteiger partial charge in [0, 0.05) is 13.1 Å². The van der Waals surface area contributed by atoms with Crippen LogP contribution in [0.1, 0.15) is 18.5 Å². The maximum Gasteiger partial charge on any atom is 0.355 e. The van der Waals surface area contributed by atoms with E-state index in [9.17, 15) is 9.59 Å². The van der Waals surface area contributed by atoms with Crippen molar-refractivity contribution in [1.82, 2.24) is 9.99 Å². The van der Waals surface area contributed by atoms with Crippen LogP contribution in [0, 0.1) is 0 Å². The zero-order valence-corrected chi connectivity index (χ0v) is 10.2. The fraction of sp³-hybridized carbons (Fsp3) is 0.333. The molecule has 18 heavy (non-hydrogen) atoms. The predicted molar refractivity (Wildman–Crippen MR) is 63.8 cm³/mol. The second-order valence-corrected chi connectivity index (χ2v) is 3.89. The van der Waals surface area contributed by atoms with Crippen molar-refractivity contribution < 1.29 is 14.3 Å². The Morgan fingerprint density at radius 1 is 1.44 bits per heavy atom. The van der Waals surface area contributed by atoms with Crippen molar-refractivity contribution in [2.24, 2.45) is 5.10 Å². The molecule has 0 saturated heterocycles. The van der Waals surface area contributed by atoms with E-state index in [-0.39, 0.29) is 17.5 Å². The SMILES string of the molecule is COC(=O)C1=NN(C(C)=O)CC1c1ccccn1. The van der Waals surface area contributed by atoms with Crippen LogP contribution in [0.5, 0.6) is 0 Å². The van der Waals surface area contributed by atoms with Crippen molar-refractivity contribution in [1.29, 1.82) is 0 Å². The summed E-state index contributed by atoms with van der Waals surface area (Å²) in [6, 6.07) is 5.41. The van der Waals surface area contributed by atoms with E-state index in [1.165, 1.54) is 19.0 Å². The Labute approximate surface area is 104 Å². The van der Waals surface area contributed by atoms with E-state index in [2.05, 4.69) is 14.8 Å². The van der Waals surface area contributed by atoms with Crippen molar-refractivity contribution in [2.75, 3.05) is 13.7 Å². The first-order chi connectivity index (χ1) is 8.63. The third-order valence-corrected chi connectivity index (χ3v) is 2.72. The van der Waals surface area contributed by atoms with E-state index in [0.717, 1.165) is 0 Å². The van der Waals surface area contributed by atoms with Crippen LogP contribution in [0.15, 0.2) is 29.5 Å². The van der Waals surface area contributed by atoms with E-state index in [0.29, 0.717) is 12.2 Å². The number of hydrogen-bond donors (Lipinski definition) is 0. The van der Waals surface area contributed by atoms with Gasteiger partial charge in [-0.1, -0.05) is 6.07 Å². The zero-order valence-electron chi connectivity index (χ0n) is 10.2. The third kappa shape index (κ3) is 2.22. The van der Waals surface area contributed by atoms with Gasteiger partial charge in [-0.05, 0) is 12.1 Å². The third-order valence-electron chi connectivity index (χ3n) is 2.72. The van der Waals surface area contributed by atoms with E-state index < -0.39 is 5.97 Å². The van der Waals surface area contributed by atoms with Crippen LogP contribution < -0.4 is 0 Å². The highest BCUT2D eigenvalue weighted by Gasteiger charge is 2.35. The molecule has 1 aliphatic heterocycles. The molecule has 1 aromatic rings. The number of carbonyl (C=O) groups is 2. The van der Waals surface area contributed by atoms with E-state index >= 15 is 0 Å². The molecule has 0 spiro atoms. The van der Waals surface area contributed by atoms with Gasteiger partial charge in [0.1, 0.15) is 0 Å². The fourth-order valence-corrected chi connectivity index (χ4v) is 1.80. The summed E-state index contributed by atoms with van der Waals surface area (Å²) in [6.45, 7) is 1.72. The van der Waals surface area contributed by atoms with Gasteiger partial charge in [0.05, 0.1) is 25.3 Å². The maximum atomic E-state index is 11.6. The Balaban J connectivity index is 2.33. The Kier molecular flexibility index (Phi) is 3.36. The molecule has 0 aromatic carbocycles. The minimum absolute atomic E-state index is 0.213. The van der Waals surface area contributed by atoms with Crippen LogP contribution in [0.4, 0.5) is 0 Å². The highest BCUT2D eigenvalue weighted by Crippen LogP contribution is 2.24. The summed E-state index contributed by atoms with van der Waals surface area (Å²) in [5.41, 5.74) is 0.914. The summed E-state index contributed by atoms with van der Waals surface area (Å²) >= 11 is 0. The summed E-state index contributed by atoms with van der Waals surface area (Å²) < 4.78 is 4.68. The van der Waals surface area contributed by atoms with Gasteiger partial charge < -0.3 is 4.74 Å². The lowest BCUT2D eigenvalue weighted by molar-refractivity contribution is -0.132. The molecule has 1 aliphatic rings. The normalized spacial score (nSPS) is 18.4. The standard InChI is InChI=1S/C12H13N3O3/c1-8(16)15-7-9(10-5-3-4-6-13-10)11(14-15)12(17)18-2/h3-6,9H,7H2,1-2H3. The van der Waals surface area contributed by atoms with Gasteiger partial charge in [-0.3, -0.25) is 9.78 Å². The molecular formula is C12H13N3O3. The average Bonchev–Trinajstić information content (AvgIpc) is 2.84. The minimum atomic E-state index is -0.533. The molecular weight excluding hydrogens is 234 g/mol. The number of carbonyl (C=O) groups excluding carboxylic acids is 2. The molecule has 1 amide bonds. The van der Waals surface area contributed by atoms with Gasteiger partial charge in [0.2, 0.25) is 5.91 Å². The summed E-state index contributed by atoms with van der Waals surface area (Å²) in [5.74, 6) is -1.08. The van der Waals surface area contributed by atoms with E-state index in [1.54, 1.807) is 18.3 Å². The smallest absolute Gasteiger partial charge is 0.355 e. The lowest BCUT2D eigenvalue weighted by Crippen LogP contribution is -2.25. The Hall–Kier alpha value is -2.24. The fourth-order valence-electron chi connectivity index (χ4n) is 1.80. The van der Waals surface area contributed by atoms with Crippen LogP contribution in [0.25, 0.3) is 0 Å². The molecule has 0 bridgehead atoms. The number of amides is 1. The second-order valence-electron chi connectivity index (χ2n) is 3.89. The molecule has 2 heterocycles. The summed E-state index contributed by atoms with van der Waals surface area (Å²) in [7, 11) is 1.29. The molecule has 0 N–H and O–H groups in total. The van der Waals surface area contributed by atoms with Crippen molar-refractivity contribution in [3.8, 4) is 0 Å². The van der Waals surface area contributed by atoms with Crippen LogP contribution >= 0.6 is 0 Å². The number of hydrazone groups is 1. The van der Waals surface area contributed by atoms with Gasteiger partial charge in [0.15, 0.2) is 5.71 Å². The molecule has 94 valence electrons. The molecule has 1 atom stereocenters. The lowest BCUT2D eigenvalue weighted by Gasteiger charge is -2.11. The molecule has 6 heteroatoms. The number of aromatic nitrogens is 1. The molecule has 0 aliphatic carbocycles. The monoisotopic (exact) mass is 247 g/mol. The van der Waals surface area contributed by atoms with Gasteiger partial charge in [-0.15, -0.1) is 0 Å². The first-order valence-corrected chi connectivity index (χ1v) is 5.49. The van der Waals surface area contributed by atoms with Crippen LogP contribution in [-0.2, 0) is 14.3 Å². The first-order valence-electron chi connectivity index (χ1n) is 5.49. The summed E-state index contributed by atoms with van der Waals surface area (Å²) in [5, 5.41) is 5.26. The van der Waals surface area contributed by atoms with Crippen LogP contribution in [0.3, 0.4) is 0 Å². The van der Waals surface area contributed by atoms with Gasteiger partial charge in [0.25, 0.3) is 0 Å². The van der Waals surface area contributed by atoms with Gasteiger partial charge in [-0.2, -0.15) is 5.10 Å². The number of ether oxygens (including phenoxy) is 1. The highest BCUT2D eigenvalue weighted by molar-refractivity contribution is 6.39. The largest absolute Gasteiger partial charge is 0.464 e. The first kappa shape index (κ1) is 12.2. The van der Waals surface area contributed by atoms with E-state index in [1.807, 2.05) is 6.07 Å². The Morgan fingerprint density at radius 3 is 2.78 bits per heavy atom. The van der Waals surface area contributed by atoms with Gasteiger partial charge in [-0.25, -0.2) is 9.80 Å². The molecule has 0 fully saturated rings. The van der Waals surface area contributed by atoms with Crippen molar-refractivity contribution >= 4 is 17.6 Å². The lowest BCUT2D eigenvalue weighted by atomic mass is 9.99. The number of hydrogen-bond acceptors (Lipinski definition) is 5. The van der Waals surface area contributed by atoms with E-state index in [4.69, 9.17) is 0 Å². The minimum Gasteiger partial charge on any atom is -0.464 e. The highest BCUT2D eigenvalue weighted by atomic mass is 16.5. The molecule has 6 nitrogen and oxygen atoms in total. The van der Waals surface area contributed by atoms with Crippen LogP contribution in [-0.4, -0.2) is 41.2 Å². The second kappa shape index (κ2) is 4.95. The average molecular weight is 247 g/mol. The number of pyridine rings is 1. The number of esters is 1. The maximum absolute atomic E-state index is 11.6. The molecule has 0 saturated carbocycles.